The molecule has 0 atom stereocenters. The van der Waals surface area contributed by atoms with E-state index in [0.29, 0.717) is 13.2 Å². The Morgan fingerprint density at radius 2 is 1.84 bits per heavy atom. The van der Waals surface area contributed by atoms with E-state index in [-0.39, 0.29) is 0 Å². The molecule has 0 saturated carbocycles. The summed E-state index contributed by atoms with van der Waals surface area (Å²) in [4.78, 5) is 0. The zero-order chi connectivity index (χ0) is 17.8. The maximum atomic E-state index is 6.08. The Morgan fingerprint density at radius 1 is 1.00 bits per heavy atom. The minimum Gasteiger partial charge on any atom is -0.497 e. The van der Waals surface area contributed by atoms with E-state index in [4.69, 9.17) is 18.6 Å². The van der Waals surface area contributed by atoms with Crippen molar-refractivity contribution < 1.29 is 18.6 Å². The fraction of sp³-hybridized carbons (Fsp3) is 0.333. The van der Waals surface area contributed by atoms with Gasteiger partial charge in [-0.25, -0.2) is 0 Å². The first-order valence-electron chi connectivity index (χ1n) is 8.45. The predicted molar refractivity (Wildman–Crippen MR) is 98.4 cm³/mol. The molecule has 1 heterocycles. The van der Waals surface area contributed by atoms with Gasteiger partial charge in [0.15, 0.2) is 0 Å². The van der Waals surface area contributed by atoms with Crippen LogP contribution in [0.4, 0.5) is 0 Å². The summed E-state index contributed by atoms with van der Waals surface area (Å²) in [5, 5.41) is 1.08. The van der Waals surface area contributed by atoms with Gasteiger partial charge in [-0.05, 0) is 54.3 Å². The second-order valence-corrected chi connectivity index (χ2v) is 6.09. The van der Waals surface area contributed by atoms with Gasteiger partial charge in [-0.15, -0.1) is 0 Å². The summed E-state index contributed by atoms with van der Waals surface area (Å²) in [6.07, 6.45) is 0.916. The van der Waals surface area contributed by atoms with Crippen molar-refractivity contribution in [2.75, 3.05) is 14.2 Å². The number of furan rings is 1. The standard InChI is InChI=1S/C21H24O4/c1-5-16-6-7-18(23-4)11-20(16)24-12-15-8-14(2)21-17(9-15)10-19(25-21)13-22-3/h6-11H,5,12-13H2,1-4H3. The van der Waals surface area contributed by atoms with Crippen molar-refractivity contribution in [3.8, 4) is 11.5 Å². The Kier molecular flexibility index (Phi) is 5.29. The zero-order valence-electron chi connectivity index (χ0n) is 15.2. The van der Waals surface area contributed by atoms with Gasteiger partial charge in [0.05, 0.1) is 7.11 Å². The van der Waals surface area contributed by atoms with E-state index >= 15 is 0 Å². The summed E-state index contributed by atoms with van der Waals surface area (Å²) in [5.41, 5.74) is 4.29. The van der Waals surface area contributed by atoms with E-state index in [0.717, 1.165) is 45.8 Å². The molecule has 3 rings (SSSR count). The van der Waals surface area contributed by atoms with Crippen LogP contribution >= 0.6 is 0 Å². The number of hydrogen-bond acceptors (Lipinski definition) is 4. The van der Waals surface area contributed by atoms with E-state index in [1.807, 2.05) is 18.2 Å². The molecule has 0 aliphatic heterocycles. The fourth-order valence-electron chi connectivity index (χ4n) is 3.00. The van der Waals surface area contributed by atoms with Crippen LogP contribution in [0.3, 0.4) is 0 Å². The van der Waals surface area contributed by atoms with Gasteiger partial charge >= 0.3 is 0 Å². The van der Waals surface area contributed by atoms with Crippen molar-refractivity contribution in [2.45, 2.75) is 33.5 Å². The highest BCUT2D eigenvalue weighted by atomic mass is 16.5. The molecular weight excluding hydrogens is 316 g/mol. The van der Waals surface area contributed by atoms with Gasteiger partial charge in [0, 0.05) is 18.6 Å². The van der Waals surface area contributed by atoms with Gasteiger partial charge < -0.3 is 18.6 Å². The number of aryl methyl sites for hydroxylation is 2. The number of fused-ring (bicyclic) bond motifs is 1. The van der Waals surface area contributed by atoms with Gasteiger partial charge in [0.2, 0.25) is 0 Å². The van der Waals surface area contributed by atoms with Crippen molar-refractivity contribution in [1.82, 2.24) is 0 Å². The third-order valence-corrected chi connectivity index (χ3v) is 4.25. The third-order valence-electron chi connectivity index (χ3n) is 4.25. The van der Waals surface area contributed by atoms with Crippen LogP contribution in [0.1, 0.15) is 29.4 Å². The monoisotopic (exact) mass is 340 g/mol. The average Bonchev–Trinajstić information content (AvgIpc) is 3.03. The van der Waals surface area contributed by atoms with Crippen LogP contribution in [0, 0.1) is 6.92 Å². The molecule has 0 saturated heterocycles. The van der Waals surface area contributed by atoms with Gasteiger partial charge in [0.1, 0.15) is 36.1 Å². The first-order chi connectivity index (χ1) is 12.1. The molecule has 0 unspecified atom stereocenters. The molecule has 0 radical (unpaired) electrons. The van der Waals surface area contributed by atoms with Crippen LogP contribution < -0.4 is 9.47 Å². The maximum absolute atomic E-state index is 6.08. The maximum Gasteiger partial charge on any atom is 0.137 e. The summed E-state index contributed by atoms with van der Waals surface area (Å²) >= 11 is 0. The lowest BCUT2D eigenvalue weighted by Gasteiger charge is -2.12. The minimum atomic E-state index is 0.476. The fourth-order valence-corrected chi connectivity index (χ4v) is 3.00. The third kappa shape index (κ3) is 3.80. The van der Waals surface area contributed by atoms with Crippen molar-refractivity contribution in [3.05, 3.63) is 58.8 Å². The summed E-state index contributed by atoms with van der Waals surface area (Å²) in [7, 11) is 3.33. The highest BCUT2D eigenvalue weighted by Gasteiger charge is 2.10. The van der Waals surface area contributed by atoms with Crippen LogP contribution in [0.15, 0.2) is 40.8 Å². The molecule has 0 aliphatic carbocycles. The predicted octanol–water partition coefficient (Wildman–Crippen LogP) is 5.04. The lowest BCUT2D eigenvalue weighted by Crippen LogP contribution is -1.99. The molecule has 0 amide bonds. The number of benzene rings is 2. The van der Waals surface area contributed by atoms with E-state index in [2.05, 4.69) is 32.0 Å². The second-order valence-electron chi connectivity index (χ2n) is 6.09. The van der Waals surface area contributed by atoms with Crippen LogP contribution in [0.2, 0.25) is 0 Å². The van der Waals surface area contributed by atoms with Gasteiger partial charge in [-0.2, -0.15) is 0 Å². The van der Waals surface area contributed by atoms with E-state index < -0.39 is 0 Å². The number of hydrogen-bond donors (Lipinski definition) is 0. The lowest BCUT2D eigenvalue weighted by molar-refractivity contribution is 0.166. The molecule has 3 aromatic rings. The van der Waals surface area contributed by atoms with Crippen LogP contribution in [-0.2, 0) is 24.4 Å². The summed E-state index contributed by atoms with van der Waals surface area (Å²) in [5.74, 6) is 2.50. The average molecular weight is 340 g/mol. The molecule has 0 bridgehead atoms. The summed E-state index contributed by atoms with van der Waals surface area (Å²) in [6.45, 7) is 5.15. The molecule has 0 spiro atoms. The summed E-state index contributed by atoms with van der Waals surface area (Å²) < 4.78 is 22.4. The number of ether oxygens (including phenoxy) is 3. The minimum absolute atomic E-state index is 0.476. The van der Waals surface area contributed by atoms with Gasteiger partial charge in [-0.1, -0.05) is 13.0 Å². The van der Waals surface area contributed by atoms with Gasteiger partial charge in [0.25, 0.3) is 0 Å². The van der Waals surface area contributed by atoms with Crippen molar-refractivity contribution in [3.63, 3.8) is 0 Å². The van der Waals surface area contributed by atoms with Crippen LogP contribution in [-0.4, -0.2) is 14.2 Å². The highest BCUT2D eigenvalue weighted by molar-refractivity contribution is 5.81. The Morgan fingerprint density at radius 3 is 2.56 bits per heavy atom. The van der Waals surface area contributed by atoms with Crippen molar-refractivity contribution in [2.24, 2.45) is 0 Å². The number of rotatable bonds is 7. The van der Waals surface area contributed by atoms with Gasteiger partial charge in [-0.3, -0.25) is 0 Å². The van der Waals surface area contributed by atoms with Crippen LogP contribution in [0.25, 0.3) is 11.0 Å². The Hall–Kier alpha value is -2.46. The first-order valence-corrected chi connectivity index (χ1v) is 8.45. The quantitative estimate of drug-likeness (QED) is 0.604. The molecule has 0 N–H and O–H groups in total. The van der Waals surface area contributed by atoms with E-state index in [1.165, 1.54) is 5.56 Å². The summed E-state index contributed by atoms with van der Waals surface area (Å²) in [6, 6.07) is 12.2. The SMILES string of the molecule is CCc1ccc(OC)cc1OCc1cc(C)c2oc(COC)cc2c1. The molecule has 25 heavy (non-hydrogen) atoms. The highest BCUT2D eigenvalue weighted by Crippen LogP contribution is 2.28. The molecule has 4 nitrogen and oxygen atoms in total. The topological polar surface area (TPSA) is 40.8 Å². The lowest BCUT2D eigenvalue weighted by atomic mass is 10.1. The Balaban J connectivity index is 1.83. The molecule has 1 aromatic heterocycles. The van der Waals surface area contributed by atoms with Crippen LogP contribution in [0.5, 0.6) is 11.5 Å². The van der Waals surface area contributed by atoms with E-state index in [9.17, 15) is 0 Å². The zero-order valence-corrected chi connectivity index (χ0v) is 15.2. The number of methoxy groups -OCH3 is 2. The normalized spacial score (nSPS) is 11.0. The molecule has 0 fully saturated rings. The first kappa shape index (κ1) is 17.4. The molecular formula is C21H24O4. The van der Waals surface area contributed by atoms with Crippen molar-refractivity contribution in [1.29, 1.82) is 0 Å². The largest absolute Gasteiger partial charge is 0.497 e. The van der Waals surface area contributed by atoms with Crippen molar-refractivity contribution >= 4 is 11.0 Å². The Bertz CT molecular complexity index is 864. The second kappa shape index (κ2) is 7.62. The Labute approximate surface area is 148 Å². The molecule has 2 aromatic carbocycles. The van der Waals surface area contributed by atoms with E-state index in [1.54, 1.807) is 14.2 Å². The molecule has 132 valence electrons. The smallest absolute Gasteiger partial charge is 0.137 e. The molecule has 0 aliphatic rings. The molecule has 4 heteroatoms.